The summed E-state index contributed by atoms with van der Waals surface area (Å²) in [4.78, 5) is 8.59. The second kappa shape index (κ2) is 6.88. The van der Waals surface area contributed by atoms with Gasteiger partial charge in [0, 0.05) is 5.92 Å². The Morgan fingerprint density at radius 1 is 1.14 bits per heavy atom. The van der Waals surface area contributed by atoms with Gasteiger partial charge in [-0.1, -0.05) is 28.6 Å². The van der Waals surface area contributed by atoms with E-state index in [0.717, 1.165) is 17.1 Å². The van der Waals surface area contributed by atoms with E-state index in [1.165, 1.54) is 18.5 Å². The summed E-state index contributed by atoms with van der Waals surface area (Å²) in [5, 5.41) is 16.0. The van der Waals surface area contributed by atoms with Gasteiger partial charge < -0.3 is 9.84 Å². The lowest BCUT2D eigenvalue weighted by Crippen LogP contribution is -2.06. The zero-order valence-electron chi connectivity index (χ0n) is 15.4. The summed E-state index contributed by atoms with van der Waals surface area (Å²) in [5.41, 5.74) is 4.77. The number of para-hydroxylation sites is 1. The summed E-state index contributed by atoms with van der Waals surface area (Å²) >= 11 is 0. The second-order valence-electron chi connectivity index (χ2n) is 6.88. The van der Waals surface area contributed by atoms with E-state index in [9.17, 15) is 0 Å². The molecule has 0 amide bonds. The minimum atomic E-state index is 0.422. The first-order chi connectivity index (χ1) is 13.8. The minimum Gasteiger partial charge on any atom is -0.378 e. The maximum atomic E-state index is 5.15. The van der Waals surface area contributed by atoms with Crippen molar-refractivity contribution in [3.63, 3.8) is 0 Å². The number of nitrogens with one attached hydrogen (secondary N) is 1. The molecular formula is C20H19N7O. The van der Waals surface area contributed by atoms with Crippen LogP contribution in [0.5, 0.6) is 0 Å². The molecule has 1 fully saturated rings. The summed E-state index contributed by atoms with van der Waals surface area (Å²) in [6.07, 6.45) is 4.13. The number of aromatic nitrogens is 6. The fourth-order valence-electron chi connectivity index (χ4n) is 3.18. The fraction of sp³-hybridized carbons (Fsp3) is 0.250. The van der Waals surface area contributed by atoms with E-state index in [2.05, 4.69) is 42.9 Å². The third-order valence-corrected chi connectivity index (χ3v) is 4.71. The monoisotopic (exact) mass is 373 g/mol. The smallest absolute Gasteiger partial charge is 0.276 e. The van der Waals surface area contributed by atoms with Crippen molar-refractivity contribution in [1.82, 2.24) is 30.1 Å². The molecule has 0 radical (unpaired) electrons. The normalized spacial score (nSPS) is 13.6. The number of rotatable bonds is 6. The van der Waals surface area contributed by atoms with E-state index < -0.39 is 0 Å². The molecule has 0 spiro atoms. The first-order valence-electron chi connectivity index (χ1n) is 9.28. The van der Waals surface area contributed by atoms with E-state index in [1.807, 2.05) is 35.0 Å². The van der Waals surface area contributed by atoms with Gasteiger partial charge in [-0.3, -0.25) is 0 Å². The predicted octanol–water partition coefficient (Wildman–Crippen LogP) is 3.51. The second-order valence-corrected chi connectivity index (χ2v) is 6.88. The van der Waals surface area contributed by atoms with Gasteiger partial charge >= 0.3 is 0 Å². The lowest BCUT2D eigenvalue weighted by Gasteiger charge is -2.08. The summed E-state index contributed by atoms with van der Waals surface area (Å²) in [6, 6.07) is 14.0. The summed E-state index contributed by atoms with van der Waals surface area (Å²) in [7, 11) is 0. The molecule has 1 aromatic carbocycles. The van der Waals surface area contributed by atoms with Gasteiger partial charge in [0.25, 0.3) is 5.89 Å². The Morgan fingerprint density at radius 2 is 2.00 bits per heavy atom. The van der Waals surface area contributed by atoms with Crippen molar-refractivity contribution in [1.29, 1.82) is 0 Å². The zero-order valence-corrected chi connectivity index (χ0v) is 15.4. The maximum Gasteiger partial charge on any atom is 0.276 e. The van der Waals surface area contributed by atoms with Gasteiger partial charge in [0.2, 0.25) is 0 Å². The quantitative estimate of drug-likeness (QED) is 0.552. The van der Waals surface area contributed by atoms with Gasteiger partial charge in [-0.25, -0.2) is 9.67 Å². The lowest BCUT2D eigenvalue weighted by molar-refractivity contribution is 0.424. The third kappa shape index (κ3) is 3.24. The number of anilines is 1. The van der Waals surface area contributed by atoms with Crippen LogP contribution in [0.3, 0.4) is 0 Å². The first kappa shape index (κ1) is 16.6. The van der Waals surface area contributed by atoms with Gasteiger partial charge in [0.15, 0.2) is 5.82 Å². The molecule has 0 aliphatic heterocycles. The molecule has 3 aromatic heterocycles. The first-order valence-corrected chi connectivity index (χ1v) is 9.28. The Kier molecular flexibility index (Phi) is 4.08. The molecule has 4 aromatic rings. The van der Waals surface area contributed by atoms with Crippen LogP contribution in [0.15, 0.2) is 53.2 Å². The van der Waals surface area contributed by atoms with Crippen molar-refractivity contribution < 1.29 is 4.52 Å². The van der Waals surface area contributed by atoms with Gasteiger partial charge in [0.05, 0.1) is 29.8 Å². The van der Waals surface area contributed by atoms with Gasteiger partial charge in [-0.15, -0.1) is 5.10 Å². The van der Waals surface area contributed by atoms with Crippen LogP contribution in [0.25, 0.3) is 17.3 Å². The van der Waals surface area contributed by atoms with E-state index in [0.29, 0.717) is 29.9 Å². The number of benzene rings is 1. The number of hydrogen-bond acceptors (Lipinski definition) is 7. The number of pyridine rings is 1. The van der Waals surface area contributed by atoms with Gasteiger partial charge in [-0.2, -0.15) is 4.98 Å². The molecule has 3 heterocycles. The number of nitrogens with zero attached hydrogens (tertiary/aromatic N) is 6. The Balaban J connectivity index is 1.34. The van der Waals surface area contributed by atoms with E-state index in [1.54, 1.807) is 13.1 Å². The van der Waals surface area contributed by atoms with Crippen LogP contribution in [0.4, 0.5) is 5.69 Å². The average molecular weight is 373 g/mol. The summed E-state index contributed by atoms with van der Waals surface area (Å²) in [5.74, 6) is 1.55. The predicted molar refractivity (Wildman–Crippen MR) is 103 cm³/mol. The maximum absolute atomic E-state index is 5.15. The van der Waals surface area contributed by atoms with Crippen molar-refractivity contribution in [3.8, 4) is 17.3 Å². The molecule has 0 unspecified atom stereocenters. The molecule has 5 rings (SSSR count). The van der Waals surface area contributed by atoms with Gasteiger partial charge in [0.1, 0.15) is 11.4 Å². The van der Waals surface area contributed by atoms with Crippen molar-refractivity contribution in [2.75, 3.05) is 5.32 Å². The molecule has 0 bridgehead atoms. The van der Waals surface area contributed by atoms with Crippen LogP contribution in [0.1, 0.15) is 36.0 Å². The highest BCUT2D eigenvalue weighted by atomic mass is 16.5. The minimum absolute atomic E-state index is 0.422. The van der Waals surface area contributed by atoms with Crippen molar-refractivity contribution >= 4 is 5.69 Å². The Bertz CT molecular complexity index is 1080. The Labute approximate surface area is 161 Å². The molecule has 8 nitrogen and oxygen atoms in total. The van der Waals surface area contributed by atoms with Gasteiger partial charge in [-0.05, 0) is 44.0 Å². The van der Waals surface area contributed by atoms with Crippen LogP contribution in [-0.4, -0.2) is 30.1 Å². The SMILES string of the molecule is Cc1noc(-c2ccc(NCc3nnn(-c4ccccc4)c3C3CC3)cn2)n1. The van der Waals surface area contributed by atoms with Crippen LogP contribution in [-0.2, 0) is 6.54 Å². The highest BCUT2D eigenvalue weighted by Crippen LogP contribution is 2.42. The molecule has 28 heavy (non-hydrogen) atoms. The molecule has 1 saturated carbocycles. The average Bonchev–Trinajstić information content (AvgIpc) is 3.34. The van der Waals surface area contributed by atoms with Crippen LogP contribution >= 0.6 is 0 Å². The lowest BCUT2D eigenvalue weighted by atomic mass is 10.2. The van der Waals surface area contributed by atoms with E-state index in [4.69, 9.17) is 4.52 Å². The Morgan fingerprint density at radius 3 is 2.68 bits per heavy atom. The molecule has 140 valence electrons. The van der Waals surface area contributed by atoms with E-state index in [-0.39, 0.29) is 0 Å². The molecule has 1 aliphatic carbocycles. The molecule has 8 heteroatoms. The molecule has 1 N–H and O–H groups in total. The largest absolute Gasteiger partial charge is 0.378 e. The Hall–Kier alpha value is -3.55. The molecule has 0 atom stereocenters. The summed E-state index contributed by atoms with van der Waals surface area (Å²) < 4.78 is 7.11. The summed E-state index contributed by atoms with van der Waals surface area (Å²) in [6.45, 7) is 2.38. The third-order valence-electron chi connectivity index (χ3n) is 4.71. The van der Waals surface area contributed by atoms with Crippen molar-refractivity contribution in [2.45, 2.75) is 32.2 Å². The molecular weight excluding hydrogens is 354 g/mol. The van der Waals surface area contributed by atoms with Crippen molar-refractivity contribution in [3.05, 3.63) is 65.9 Å². The molecule has 1 aliphatic rings. The van der Waals surface area contributed by atoms with Crippen molar-refractivity contribution in [2.24, 2.45) is 0 Å². The topological polar surface area (TPSA) is 94.6 Å². The number of aryl methyl sites for hydroxylation is 1. The highest BCUT2D eigenvalue weighted by molar-refractivity contribution is 5.52. The molecule has 0 saturated heterocycles. The zero-order chi connectivity index (χ0) is 18.9. The van der Waals surface area contributed by atoms with Crippen LogP contribution in [0, 0.1) is 6.92 Å². The fourth-order valence-corrected chi connectivity index (χ4v) is 3.18. The standard InChI is InChI=1S/C20H19N7O/c1-13-23-20(28-25-13)17-10-9-15(11-22-17)21-12-18-19(14-7-8-14)27(26-24-18)16-5-3-2-4-6-16/h2-6,9-11,14,21H,7-8,12H2,1H3. The van der Waals surface area contributed by atoms with Crippen LogP contribution < -0.4 is 5.32 Å². The number of hydrogen-bond donors (Lipinski definition) is 1. The van der Waals surface area contributed by atoms with Crippen LogP contribution in [0.2, 0.25) is 0 Å². The van der Waals surface area contributed by atoms with E-state index >= 15 is 0 Å². The highest BCUT2D eigenvalue weighted by Gasteiger charge is 2.31.